The summed E-state index contributed by atoms with van der Waals surface area (Å²) in [5.41, 5.74) is 2.55. The van der Waals surface area contributed by atoms with Crippen LogP contribution in [0.1, 0.15) is 11.1 Å². The molecule has 0 aliphatic rings. The van der Waals surface area contributed by atoms with E-state index in [-0.39, 0.29) is 12.4 Å². The van der Waals surface area contributed by atoms with Gasteiger partial charge in [0.1, 0.15) is 18.1 Å². The Balaban J connectivity index is 0.00000242. The summed E-state index contributed by atoms with van der Waals surface area (Å²) in [5, 5.41) is 0. The van der Waals surface area contributed by atoms with Crippen molar-refractivity contribution in [2.75, 3.05) is 34.4 Å². The Kier molecular flexibility index (Phi) is 7.78. The third-order valence-corrected chi connectivity index (χ3v) is 3.30. The van der Waals surface area contributed by atoms with Gasteiger partial charge in [-0.1, -0.05) is 24.3 Å². The van der Waals surface area contributed by atoms with E-state index >= 15 is 0 Å². The highest BCUT2D eigenvalue weighted by Gasteiger charge is 1.99. The van der Waals surface area contributed by atoms with Crippen LogP contribution in [0.2, 0.25) is 0 Å². The van der Waals surface area contributed by atoms with Crippen molar-refractivity contribution in [2.45, 2.75) is 6.42 Å². The number of nitrogens with zero attached hydrogens (tertiary/aromatic N) is 1. The van der Waals surface area contributed by atoms with E-state index in [9.17, 15) is 0 Å². The molecule has 0 spiro atoms. The van der Waals surface area contributed by atoms with E-state index in [1.807, 2.05) is 38.4 Å². The zero-order valence-corrected chi connectivity index (χ0v) is 14.2. The molecule has 2 aromatic carbocycles. The topological polar surface area (TPSA) is 21.7 Å². The Labute approximate surface area is 139 Å². The zero-order valence-electron chi connectivity index (χ0n) is 13.4. The first-order chi connectivity index (χ1) is 10.2. The van der Waals surface area contributed by atoms with E-state index in [1.165, 1.54) is 11.1 Å². The molecule has 0 unspecified atom stereocenters. The van der Waals surface area contributed by atoms with Crippen molar-refractivity contribution in [3.8, 4) is 11.5 Å². The van der Waals surface area contributed by atoms with Gasteiger partial charge >= 0.3 is 0 Å². The number of hydrogen-bond acceptors (Lipinski definition) is 3. The van der Waals surface area contributed by atoms with Crippen LogP contribution in [0, 0.1) is 0 Å². The molecule has 0 aliphatic carbocycles. The molecule has 0 aliphatic heterocycles. The van der Waals surface area contributed by atoms with Gasteiger partial charge in [0.2, 0.25) is 0 Å². The molecule has 0 amide bonds. The molecule has 22 heavy (non-hydrogen) atoms. The highest BCUT2D eigenvalue weighted by molar-refractivity contribution is 5.85. The Hall–Kier alpha value is -1.71. The fraction of sp³-hybridized carbons (Fsp3) is 0.333. The summed E-state index contributed by atoms with van der Waals surface area (Å²) in [6.45, 7) is 1.64. The molecular formula is C18H24ClNO2. The highest BCUT2D eigenvalue weighted by atomic mass is 35.5. The Morgan fingerprint density at radius 2 is 1.32 bits per heavy atom. The van der Waals surface area contributed by atoms with Gasteiger partial charge in [0, 0.05) is 6.54 Å². The second-order valence-electron chi connectivity index (χ2n) is 5.32. The van der Waals surface area contributed by atoms with E-state index in [2.05, 4.69) is 29.2 Å². The van der Waals surface area contributed by atoms with Gasteiger partial charge in [-0.25, -0.2) is 0 Å². The Morgan fingerprint density at radius 3 is 1.77 bits per heavy atom. The van der Waals surface area contributed by atoms with Crippen molar-refractivity contribution in [3.05, 3.63) is 59.7 Å². The van der Waals surface area contributed by atoms with Crippen LogP contribution in [0.4, 0.5) is 0 Å². The lowest BCUT2D eigenvalue weighted by Gasteiger charge is -2.11. The number of likely N-dealkylation sites (N-methyl/N-ethyl adjacent to an activating group) is 1. The van der Waals surface area contributed by atoms with Crippen LogP contribution >= 0.6 is 12.4 Å². The molecule has 0 saturated carbocycles. The molecule has 0 heterocycles. The van der Waals surface area contributed by atoms with Crippen molar-refractivity contribution >= 4 is 12.4 Å². The van der Waals surface area contributed by atoms with Gasteiger partial charge in [-0.3, -0.25) is 0 Å². The Morgan fingerprint density at radius 1 is 0.818 bits per heavy atom. The predicted molar refractivity (Wildman–Crippen MR) is 93.5 cm³/mol. The molecule has 3 nitrogen and oxygen atoms in total. The first-order valence-corrected chi connectivity index (χ1v) is 7.17. The van der Waals surface area contributed by atoms with Crippen molar-refractivity contribution in [1.29, 1.82) is 0 Å². The van der Waals surface area contributed by atoms with E-state index in [1.54, 1.807) is 7.11 Å². The number of rotatable bonds is 7. The van der Waals surface area contributed by atoms with Crippen molar-refractivity contribution in [1.82, 2.24) is 4.90 Å². The molecular weight excluding hydrogens is 298 g/mol. The van der Waals surface area contributed by atoms with Crippen molar-refractivity contribution in [2.24, 2.45) is 0 Å². The van der Waals surface area contributed by atoms with E-state index in [4.69, 9.17) is 9.47 Å². The summed E-state index contributed by atoms with van der Waals surface area (Å²) in [5.74, 6) is 1.82. The van der Waals surface area contributed by atoms with Crippen LogP contribution in [-0.4, -0.2) is 39.3 Å². The second kappa shape index (κ2) is 9.34. The van der Waals surface area contributed by atoms with E-state index in [0.717, 1.165) is 24.5 Å². The van der Waals surface area contributed by atoms with E-state index in [0.29, 0.717) is 6.61 Å². The molecule has 0 fully saturated rings. The van der Waals surface area contributed by atoms with Gasteiger partial charge in [-0.05, 0) is 55.9 Å². The van der Waals surface area contributed by atoms with Gasteiger partial charge in [-0.15, -0.1) is 12.4 Å². The molecule has 0 aromatic heterocycles. The minimum Gasteiger partial charge on any atom is -0.497 e. The lowest BCUT2D eigenvalue weighted by Crippen LogP contribution is -2.19. The number of hydrogen-bond donors (Lipinski definition) is 0. The summed E-state index contributed by atoms with van der Waals surface area (Å²) in [6.07, 6.45) is 0.919. The SMILES string of the molecule is COc1ccc(Cc2ccc(OCCN(C)C)cc2)cc1.Cl. The number of methoxy groups -OCH3 is 1. The zero-order chi connectivity index (χ0) is 15.1. The molecule has 2 rings (SSSR count). The molecule has 0 bridgehead atoms. The fourth-order valence-electron chi connectivity index (χ4n) is 2.03. The molecule has 0 saturated heterocycles. The van der Waals surface area contributed by atoms with Crippen LogP contribution in [0.3, 0.4) is 0 Å². The molecule has 0 atom stereocenters. The average molecular weight is 322 g/mol. The van der Waals surface area contributed by atoms with Crippen molar-refractivity contribution in [3.63, 3.8) is 0 Å². The van der Waals surface area contributed by atoms with Gasteiger partial charge in [-0.2, -0.15) is 0 Å². The third kappa shape index (κ3) is 5.96. The lowest BCUT2D eigenvalue weighted by molar-refractivity contribution is 0.261. The number of benzene rings is 2. The van der Waals surface area contributed by atoms with E-state index < -0.39 is 0 Å². The largest absolute Gasteiger partial charge is 0.497 e. The molecule has 2 aromatic rings. The quantitative estimate of drug-likeness (QED) is 0.777. The minimum absolute atomic E-state index is 0. The normalized spacial score (nSPS) is 10.2. The molecule has 4 heteroatoms. The van der Waals surface area contributed by atoms with Crippen LogP contribution in [0.25, 0.3) is 0 Å². The molecule has 0 radical (unpaired) electrons. The number of halogens is 1. The number of ether oxygens (including phenoxy) is 2. The van der Waals surface area contributed by atoms with Gasteiger partial charge in [0.15, 0.2) is 0 Å². The van der Waals surface area contributed by atoms with Gasteiger partial charge in [0.05, 0.1) is 7.11 Å². The average Bonchev–Trinajstić information content (AvgIpc) is 2.49. The standard InChI is InChI=1S/C18H23NO2.ClH/c1-19(2)12-13-21-18-10-6-16(7-11-18)14-15-4-8-17(20-3)9-5-15;/h4-11H,12-14H2,1-3H3;1H. The third-order valence-electron chi connectivity index (χ3n) is 3.30. The summed E-state index contributed by atoms with van der Waals surface area (Å²) >= 11 is 0. The summed E-state index contributed by atoms with van der Waals surface area (Å²) in [4.78, 5) is 2.11. The first-order valence-electron chi connectivity index (χ1n) is 7.17. The monoisotopic (exact) mass is 321 g/mol. The second-order valence-corrected chi connectivity index (χ2v) is 5.32. The van der Waals surface area contributed by atoms with Crippen LogP contribution in [0.15, 0.2) is 48.5 Å². The molecule has 120 valence electrons. The van der Waals surface area contributed by atoms with Gasteiger partial charge < -0.3 is 14.4 Å². The maximum Gasteiger partial charge on any atom is 0.119 e. The minimum atomic E-state index is 0. The summed E-state index contributed by atoms with van der Waals surface area (Å²) < 4.78 is 10.9. The van der Waals surface area contributed by atoms with Gasteiger partial charge in [0.25, 0.3) is 0 Å². The molecule has 0 N–H and O–H groups in total. The summed E-state index contributed by atoms with van der Waals surface area (Å²) in [6, 6.07) is 16.5. The maximum atomic E-state index is 5.69. The van der Waals surface area contributed by atoms with Crippen LogP contribution < -0.4 is 9.47 Å². The maximum absolute atomic E-state index is 5.69. The lowest BCUT2D eigenvalue weighted by atomic mass is 10.0. The predicted octanol–water partition coefficient (Wildman–Crippen LogP) is 3.65. The van der Waals surface area contributed by atoms with Crippen LogP contribution in [0.5, 0.6) is 11.5 Å². The smallest absolute Gasteiger partial charge is 0.119 e. The first kappa shape index (κ1) is 18.3. The van der Waals surface area contributed by atoms with Crippen molar-refractivity contribution < 1.29 is 9.47 Å². The fourth-order valence-corrected chi connectivity index (χ4v) is 2.03. The summed E-state index contributed by atoms with van der Waals surface area (Å²) in [7, 11) is 5.77. The highest BCUT2D eigenvalue weighted by Crippen LogP contribution is 2.17. The Bertz CT molecular complexity index is 538. The van der Waals surface area contributed by atoms with Crippen LogP contribution in [-0.2, 0) is 6.42 Å².